The quantitative estimate of drug-likeness (QED) is 0.560. The van der Waals surface area contributed by atoms with Crippen LogP contribution in [0.4, 0.5) is 5.82 Å². The van der Waals surface area contributed by atoms with Crippen molar-refractivity contribution in [2.45, 2.75) is 6.61 Å². The lowest BCUT2D eigenvalue weighted by atomic mass is 10.4. The Morgan fingerprint density at radius 2 is 2.38 bits per heavy atom. The van der Waals surface area contributed by atoms with Crippen molar-refractivity contribution in [3.05, 3.63) is 30.4 Å². The number of ether oxygens (including phenoxy) is 1. The number of nitrogens with two attached hydrogens (primary N) is 1. The standard InChI is InChI=1S/C9H12N6O/c1-15-8(11-6-12-15)5-16-9-4-2-3-7(13-9)14-10/h2-4,6H,5,10H2,1H3,(H,13,14). The minimum atomic E-state index is 0.317. The van der Waals surface area contributed by atoms with E-state index in [9.17, 15) is 0 Å². The minimum Gasteiger partial charge on any atom is -0.469 e. The number of hydrogen-bond acceptors (Lipinski definition) is 6. The summed E-state index contributed by atoms with van der Waals surface area (Å²) in [5, 5.41) is 3.94. The van der Waals surface area contributed by atoms with E-state index in [1.165, 1.54) is 6.33 Å². The normalized spacial score (nSPS) is 10.1. The van der Waals surface area contributed by atoms with Crippen molar-refractivity contribution in [1.29, 1.82) is 0 Å². The van der Waals surface area contributed by atoms with E-state index in [4.69, 9.17) is 10.6 Å². The lowest BCUT2D eigenvalue weighted by Gasteiger charge is -2.05. The number of aryl methyl sites for hydroxylation is 1. The Hall–Kier alpha value is -2.15. The van der Waals surface area contributed by atoms with Gasteiger partial charge in [0.15, 0.2) is 5.82 Å². The Kier molecular flexibility index (Phi) is 2.97. The number of anilines is 1. The highest BCUT2D eigenvalue weighted by Crippen LogP contribution is 2.11. The SMILES string of the molecule is Cn1ncnc1COc1cccc(NN)n1. The topological polar surface area (TPSA) is 90.9 Å². The molecule has 2 rings (SSSR count). The summed E-state index contributed by atoms with van der Waals surface area (Å²) < 4.78 is 7.09. The van der Waals surface area contributed by atoms with Crippen LogP contribution in [0, 0.1) is 0 Å². The Morgan fingerprint density at radius 3 is 3.06 bits per heavy atom. The van der Waals surface area contributed by atoms with Gasteiger partial charge in [-0.25, -0.2) is 10.8 Å². The summed E-state index contributed by atoms with van der Waals surface area (Å²) in [4.78, 5) is 8.14. The molecule has 0 radical (unpaired) electrons. The highest BCUT2D eigenvalue weighted by molar-refractivity contribution is 5.35. The molecule has 0 saturated carbocycles. The average molecular weight is 220 g/mol. The molecular weight excluding hydrogens is 208 g/mol. The summed E-state index contributed by atoms with van der Waals surface area (Å²) in [5.74, 6) is 7.00. The van der Waals surface area contributed by atoms with Crippen LogP contribution in [0.1, 0.15) is 5.82 Å². The van der Waals surface area contributed by atoms with Gasteiger partial charge in [-0.2, -0.15) is 10.1 Å². The molecule has 0 aliphatic carbocycles. The second-order valence-corrected chi connectivity index (χ2v) is 3.09. The molecule has 7 heteroatoms. The molecule has 16 heavy (non-hydrogen) atoms. The zero-order valence-corrected chi connectivity index (χ0v) is 8.79. The number of rotatable bonds is 4. The van der Waals surface area contributed by atoms with Gasteiger partial charge in [0.05, 0.1) is 0 Å². The van der Waals surface area contributed by atoms with Gasteiger partial charge in [0, 0.05) is 13.1 Å². The third-order valence-corrected chi connectivity index (χ3v) is 2.03. The molecule has 0 unspecified atom stereocenters. The Morgan fingerprint density at radius 1 is 1.50 bits per heavy atom. The van der Waals surface area contributed by atoms with Crippen LogP contribution < -0.4 is 16.0 Å². The van der Waals surface area contributed by atoms with Crippen LogP contribution in [0.15, 0.2) is 24.5 Å². The first kappa shape index (κ1) is 10.4. The molecule has 0 aliphatic heterocycles. The van der Waals surface area contributed by atoms with Gasteiger partial charge in [0.2, 0.25) is 5.88 Å². The van der Waals surface area contributed by atoms with E-state index in [0.717, 1.165) is 5.82 Å². The van der Waals surface area contributed by atoms with Gasteiger partial charge in [0.1, 0.15) is 18.8 Å². The molecule has 2 aromatic heterocycles. The molecule has 3 N–H and O–H groups in total. The van der Waals surface area contributed by atoms with Crippen molar-refractivity contribution >= 4 is 5.82 Å². The summed E-state index contributed by atoms with van der Waals surface area (Å²) in [6, 6.07) is 5.29. The average Bonchev–Trinajstić information content (AvgIpc) is 2.72. The van der Waals surface area contributed by atoms with E-state index in [2.05, 4.69) is 20.5 Å². The number of nitrogens with zero attached hydrogens (tertiary/aromatic N) is 4. The maximum absolute atomic E-state index is 5.44. The molecule has 7 nitrogen and oxygen atoms in total. The lowest BCUT2D eigenvalue weighted by molar-refractivity contribution is 0.279. The molecular formula is C9H12N6O. The zero-order chi connectivity index (χ0) is 11.4. The van der Waals surface area contributed by atoms with Gasteiger partial charge in [-0.15, -0.1) is 0 Å². The summed E-state index contributed by atoms with van der Waals surface area (Å²) >= 11 is 0. The van der Waals surface area contributed by atoms with Crippen molar-refractivity contribution in [2.75, 3.05) is 5.43 Å². The fourth-order valence-corrected chi connectivity index (χ4v) is 1.16. The number of nitrogens with one attached hydrogen (secondary N) is 1. The molecule has 0 atom stereocenters. The van der Waals surface area contributed by atoms with E-state index in [0.29, 0.717) is 18.3 Å². The Balaban J connectivity index is 2.02. The van der Waals surface area contributed by atoms with Crippen molar-refractivity contribution in [3.63, 3.8) is 0 Å². The van der Waals surface area contributed by atoms with Gasteiger partial charge in [0.25, 0.3) is 0 Å². The highest BCUT2D eigenvalue weighted by Gasteiger charge is 2.02. The molecule has 0 spiro atoms. The third kappa shape index (κ3) is 2.26. The van der Waals surface area contributed by atoms with Gasteiger partial charge in [-0.05, 0) is 6.07 Å². The first-order valence-electron chi connectivity index (χ1n) is 4.69. The largest absolute Gasteiger partial charge is 0.469 e. The number of aromatic nitrogens is 4. The van der Waals surface area contributed by atoms with Gasteiger partial charge >= 0.3 is 0 Å². The van der Waals surface area contributed by atoms with Crippen LogP contribution in [0.3, 0.4) is 0 Å². The first-order chi connectivity index (χ1) is 7.79. The second kappa shape index (κ2) is 4.58. The van der Waals surface area contributed by atoms with Gasteiger partial charge in [-0.1, -0.05) is 6.07 Å². The summed E-state index contributed by atoms with van der Waals surface area (Å²) in [6.45, 7) is 0.317. The third-order valence-electron chi connectivity index (χ3n) is 2.03. The van der Waals surface area contributed by atoms with Crippen LogP contribution in [0.5, 0.6) is 5.88 Å². The minimum absolute atomic E-state index is 0.317. The highest BCUT2D eigenvalue weighted by atomic mass is 16.5. The van der Waals surface area contributed by atoms with Crippen LogP contribution in [-0.2, 0) is 13.7 Å². The predicted octanol–water partition coefficient (Wildman–Crippen LogP) is 0.0747. The molecule has 0 bridgehead atoms. The maximum atomic E-state index is 5.44. The molecule has 0 saturated heterocycles. The monoisotopic (exact) mass is 220 g/mol. The van der Waals surface area contributed by atoms with E-state index < -0.39 is 0 Å². The maximum Gasteiger partial charge on any atom is 0.215 e. The van der Waals surface area contributed by atoms with E-state index in [-0.39, 0.29) is 0 Å². The number of hydrogen-bond donors (Lipinski definition) is 2. The van der Waals surface area contributed by atoms with E-state index in [1.807, 2.05) is 0 Å². The van der Waals surface area contributed by atoms with Gasteiger partial charge < -0.3 is 10.2 Å². The van der Waals surface area contributed by atoms with E-state index >= 15 is 0 Å². The number of nitrogen functional groups attached to an aromatic ring is 1. The predicted molar refractivity (Wildman–Crippen MR) is 57.4 cm³/mol. The van der Waals surface area contributed by atoms with Crippen LogP contribution in [-0.4, -0.2) is 19.7 Å². The van der Waals surface area contributed by atoms with E-state index in [1.54, 1.807) is 29.9 Å². The van der Waals surface area contributed by atoms with Crippen LogP contribution in [0.2, 0.25) is 0 Å². The lowest BCUT2D eigenvalue weighted by Crippen LogP contribution is -2.09. The zero-order valence-electron chi connectivity index (χ0n) is 8.79. The summed E-state index contributed by atoms with van der Waals surface area (Å²) in [7, 11) is 1.80. The van der Waals surface area contributed by atoms with Crippen LogP contribution >= 0.6 is 0 Å². The fraction of sp³-hybridized carbons (Fsp3) is 0.222. The number of hydrazine groups is 1. The fourth-order valence-electron chi connectivity index (χ4n) is 1.16. The smallest absolute Gasteiger partial charge is 0.215 e. The molecule has 84 valence electrons. The number of pyridine rings is 1. The summed E-state index contributed by atoms with van der Waals surface area (Å²) in [5.41, 5.74) is 2.45. The van der Waals surface area contributed by atoms with Crippen molar-refractivity contribution < 1.29 is 4.74 Å². The summed E-state index contributed by atoms with van der Waals surface area (Å²) in [6.07, 6.45) is 1.48. The second-order valence-electron chi connectivity index (χ2n) is 3.09. The Labute approximate surface area is 92.2 Å². The molecule has 0 fully saturated rings. The van der Waals surface area contributed by atoms with Crippen molar-refractivity contribution in [2.24, 2.45) is 12.9 Å². The Bertz CT molecular complexity index is 469. The van der Waals surface area contributed by atoms with Gasteiger partial charge in [-0.3, -0.25) is 4.68 Å². The van der Waals surface area contributed by atoms with Crippen molar-refractivity contribution in [1.82, 2.24) is 19.7 Å². The first-order valence-corrected chi connectivity index (χ1v) is 4.69. The molecule has 2 heterocycles. The molecule has 0 amide bonds. The van der Waals surface area contributed by atoms with Crippen LogP contribution in [0.25, 0.3) is 0 Å². The molecule has 0 aromatic carbocycles. The van der Waals surface area contributed by atoms with Crippen molar-refractivity contribution in [3.8, 4) is 5.88 Å². The molecule has 0 aliphatic rings. The molecule has 2 aromatic rings.